The lowest BCUT2D eigenvalue weighted by Gasteiger charge is -2.26. The van der Waals surface area contributed by atoms with Gasteiger partial charge < -0.3 is 9.73 Å². The fourth-order valence-corrected chi connectivity index (χ4v) is 4.19. The number of nitrogens with one attached hydrogen (secondary N) is 1. The van der Waals surface area contributed by atoms with Crippen LogP contribution in [0.15, 0.2) is 28.7 Å². The van der Waals surface area contributed by atoms with Gasteiger partial charge in [0.05, 0.1) is 5.56 Å². The minimum atomic E-state index is -0.217. The van der Waals surface area contributed by atoms with Crippen LogP contribution in [0.2, 0.25) is 0 Å². The van der Waals surface area contributed by atoms with Gasteiger partial charge in [-0.05, 0) is 37.5 Å². The highest BCUT2D eigenvalue weighted by Gasteiger charge is 2.29. The highest BCUT2D eigenvalue weighted by molar-refractivity contribution is 5.97. The topological polar surface area (TPSA) is 45.5 Å². The smallest absolute Gasteiger partial charge is 0.255 e. The van der Waals surface area contributed by atoms with Gasteiger partial charge in [0.15, 0.2) is 0 Å². The molecule has 1 aromatic heterocycles. The first-order valence-corrected chi connectivity index (χ1v) is 9.49. The zero-order valence-corrected chi connectivity index (χ0v) is 15.2. The summed E-state index contributed by atoms with van der Waals surface area (Å²) in [5, 5.41) is 3.18. The molecule has 4 nitrogen and oxygen atoms in total. The van der Waals surface area contributed by atoms with Crippen molar-refractivity contribution in [2.75, 3.05) is 6.54 Å². The average molecular weight is 356 g/mol. The van der Waals surface area contributed by atoms with Gasteiger partial charge in [-0.1, -0.05) is 25.0 Å². The second kappa shape index (κ2) is 7.23. The van der Waals surface area contributed by atoms with E-state index in [9.17, 15) is 9.18 Å². The number of amides is 1. The van der Waals surface area contributed by atoms with Crippen LogP contribution in [0.25, 0.3) is 0 Å². The molecule has 138 valence electrons. The van der Waals surface area contributed by atoms with Crippen LogP contribution < -0.4 is 5.32 Å². The SMILES string of the molecule is Cc1oc2c(c1C(=O)NC1CCCC1)CN(Cc1ccc(F)cc1)CC2. The molecular weight excluding hydrogens is 331 g/mol. The number of nitrogens with zero attached hydrogens (tertiary/aromatic N) is 1. The molecule has 1 amide bonds. The number of carbonyl (C=O) groups excluding carboxylic acids is 1. The van der Waals surface area contributed by atoms with Crippen LogP contribution in [-0.4, -0.2) is 23.4 Å². The number of hydrogen-bond acceptors (Lipinski definition) is 3. The van der Waals surface area contributed by atoms with E-state index in [1.54, 1.807) is 0 Å². The molecule has 0 radical (unpaired) electrons. The maximum absolute atomic E-state index is 13.1. The average Bonchev–Trinajstić information content (AvgIpc) is 3.23. The third kappa shape index (κ3) is 3.54. The number of halogens is 1. The van der Waals surface area contributed by atoms with Crippen LogP contribution in [0, 0.1) is 12.7 Å². The van der Waals surface area contributed by atoms with Gasteiger partial charge in [0, 0.05) is 37.7 Å². The summed E-state index contributed by atoms with van der Waals surface area (Å²) in [6.45, 7) is 4.19. The van der Waals surface area contributed by atoms with Crippen molar-refractivity contribution >= 4 is 5.91 Å². The van der Waals surface area contributed by atoms with Crippen molar-refractivity contribution in [3.05, 3.63) is 58.3 Å². The molecule has 1 N–H and O–H groups in total. The van der Waals surface area contributed by atoms with Crippen molar-refractivity contribution < 1.29 is 13.6 Å². The summed E-state index contributed by atoms with van der Waals surface area (Å²) in [6.07, 6.45) is 5.33. The quantitative estimate of drug-likeness (QED) is 0.902. The van der Waals surface area contributed by atoms with Crippen LogP contribution in [-0.2, 0) is 19.5 Å². The van der Waals surface area contributed by atoms with Gasteiger partial charge in [0.25, 0.3) is 5.91 Å². The van der Waals surface area contributed by atoms with Crippen molar-refractivity contribution in [2.24, 2.45) is 0 Å². The summed E-state index contributed by atoms with van der Waals surface area (Å²) in [5.41, 5.74) is 2.81. The van der Waals surface area contributed by atoms with E-state index in [0.29, 0.717) is 18.3 Å². The van der Waals surface area contributed by atoms with Gasteiger partial charge in [-0.3, -0.25) is 9.69 Å². The van der Waals surface area contributed by atoms with Crippen LogP contribution in [0.5, 0.6) is 0 Å². The Kier molecular flexibility index (Phi) is 4.81. The third-order valence-corrected chi connectivity index (χ3v) is 5.54. The van der Waals surface area contributed by atoms with Crippen LogP contribution in [0.4, 0.5) is 4.39 Å². The van der Waals surface area contributed by atoms with Crippen LogP contribution in [0.1, 0.15) is 58.7 Å². The molecule has 0 unspecified atom stereocenters. The maximum Gasteiger partial charge on any atom is 0.255 e. The molecule has 1 aliphatic carbocycles. The minimum Gasteiger partial charge on any atom is -0.465 e. The number of rotatable bonds is 4. The lowest BCUT2D eigenvalue weighted by molar-refractivity contribution is 0.0934. The van der Waals surface area contributed by atoms with E-state index in [-0.39, 0.29) is 11.7 Å². The summed E-state index contributed by atoms with van der Waals surface area (Å²) in [4.78, 5) is 15.1. The van der Waals surface area contributed by atoms with Gasteiger partial charge in [-0.25, -0.2) is 4.39 Å². The van der Waals surface area contributed by atoms with E-state index >= 15 is 0 Å². The molecule has 0 saturated heterocycles. The van der Waals surface area contributed by atoms with Gasteiger partial charge in [-0.15, -0.1) is 0 Å². The van der Waals surface area contributed by atoms with Crippen molar-refractivity contribution in [3.63, 3.8) is 0 Å². The molecule has 1 aromatic carbocycles. The summed E-state index contributed by atoms with van der Waals surface area (Å²) in [5.74, 6) is 1.44. The fourth-order valence-electron chi connectivity index (χ4n) is 4.19. The number of furan rings is 1. The summed E-state index contributed by atoms with van der Waals surface area (Å²) in [7, 11) is 0. The number of benzene rings is 1. The van der Waals surface area contributed by atoms with Crippen molar-refractivity contribution in [1.82, 2.24) is 10.2 Å². The van der Waals surface area contributed by atoms with Crippen molar-refractivity contribution in [1.29, 1.82) is 0 Å². The molecule has 26 heavy (non-hydrogen) atoms. The second-order valence-electron chi connectivity index (χ2n) is 7.48. The van der Waals surface area contributed by atoms with Crippen LogP contribution >= 0.6 is 0 Å². The Morgan fingerprint density at radius 2 is 2.00 bits per heavy atom. The first-order chi connectivity index (χ1) is 12.6. The van der Waals surface area contributed by atoms with Gasteiger partial charge in [0.2, 0.25) is 0 Å². The Balaban J connectivity index is 1.50. The van der Waals surface area contributed by atoms with Gasteiger partial charge in [-0.2, -0.15) is 0 Å². The monoisotopic (exact) mass is 356 g/mol. The molecule has 4 rings (SSSR count). The predicted molar refractivity (Wildman–Crippen MR) is 97.4 cm³/mol. The Hall–Kier alpha value is -2.14. The van der Waals surface area contributed by atoms with E-state index in [2.05, 4.69) is 10.2 Å². The molecule has 0 spiro atoms. The van der Waals surface area contributed by atoms with E-state index in [4.69, 9.17) is 4.42 Å². The zero-order chi connectivity index (χ0) is 18.1. The Labute approximate surface area is 153 Å². The lowest BCUT2D eigenvalue weighted by atomic mass is 10.0. The lowest BCUT2D eigenvalue weighted by Crippen LogP contribution is -2.35. The van der Waals surface area contributed by atoms with Crippen molar-refractivity contribution in [3.8, 4) is 0 Å². The van der Waals surface area contributed by atoms with E-state index < -0.39 is 0 Å². The number of aryl methyl sites for hydroxylation is 1. The standard InChI is InChI=1S/C21H25FN2O2/c1-14-20(21(25)23-17-4-2-3-5-17)18-13-24(11-10-19(18)26-14)12-15-6-8-16(22)9-7-15/h6-9,17H,2-5,10-13H2,1H3,(H,23,25). The molecule has 2 aliphatic rings. The highest BCUT2D eigenvalue weighted by Crippen LogP contribution is 2.29. The molecule has 1 saturated carbocycles. The Morgan fingerprint density at radius 1 is 1.27 bits per heavy atom. The van der Waals surface area contributed by atoms with Crippen LogP contribution in [0.3, 0.4) is 0 Å². The van der Waals surface area contributed by atoms with E-state index in [1.807, 2.05) is 19.1 Å². The highest BCUT2D eigenvalue weighted by atomic mass is 19.1. The van der Waals surface area contributed by atoms with Crippen molar-refractivity contribution in [2.45, 2.75) is 58.2 Å². The largest absolute Gasteiger partial charge is 0.465 e. The molecule has 5 heteroatoms. The van der Waals surface area contributed by atoms with Gasteiger partial charge in [0.1, 0.15) is 17.3 Å². The predicted octanol–water partition coefficient (Wildman–Crippen LogP) is 3.96. The summed E-state index contributed by atoms with van der Waals surface area (Å²) >= 11 is 0. The minimum absolute atomic E-state index is 0.00281. The normalized spacial score (nSPS) is 18.1. The molecule has 0 atom stereocenters. The van der Waals surface area contributed by atoms with E-state index in [1.165, 1.54) is 25.0 Å². The molecule has 1 aliphatic heterocycles. The number of carbonyl (C=O) groups is 1. The molecular formula is C21H25FN2O2. The molecule has 2 aromatic rings. The second-order valence-corrected chi connectivity index (χ2v) is 7.48. The number of fused-ring (bicyclic) bond motifs is 1. The fraction of sp³-hybridized carbons (Fsp3) is 0.476. The zero-order valence-electron chi connectivity index (χ0n) is 15.2. The Morgan fingerprint density at radius 3 is 2.73 bits per heavy atom. The summed E-state index contributed by atoms with van der Waals surface area (Å²) < 4.78 is 19.0. The van der Waals surface area contributed by atoms with Gasteiger partial charge >= 0.3 is 0 Å². The molecule has 1 fully saturated rings. The third-order valence-electron chi connectivity index (χ3n) is 5.54. The number of hydrogen-bond donors (Lipinski definition) is 1. The van der Waals surface area contributed by atoms with E-state index in [0.717, 1.165) is 54.8 Å². The molecule has 2 heterocycles. The first kappa shape index (κ1) is 17.3. The molecule has 0 bridgehead atoms. The first-order valence-electron chi connectivity index (χ1n) is 9.49. The Bertz CT molecular complexity index is 791. The summed E-state index contributed by atoms with van der Waals surface area (Å²) in [6, 6.07) is 6.92. The maximum atomic E-state index is 13.1.